The van der Waals surface area contributed by atoms with Crippen molar-refractivity contribution >= 4 is 6.21 Å². The van der Waals surface area contributed by atoms with Gasteiger partial charge in [-0.2, -0.15) is 0 Å². The van der Waals surface area contributed by atoms with E-state index in [1.165, 1.54) is 6.92 Å². The van der Waals surface area contributed by atoms with Crippen molar-refractivity contribution in [3.05, 3.63) is 35.9 Å². The Kier molecular flexibility index (Phi) is 2.43. The molecule has 12 heavy (non-hydrogen) atoms. The lowest BCUT2D eigenvalue weighted by molar-refractivity contribution is 0.272. The van der Waals surface area contributed by atoms with Crippen molar-refractivity contribution in [3.8, 4) is 0 Å². The van der Waals surface area contributed by atoms with Crippen LogP contribution in [-0.4, -0.2) is 11.4 Å². The third-order valence-electron chi connectivity index (χ3n) is 1.64. The molecular weight excluding hydrogens is 157 g/mol. The molecule has 3 heteroatoms. The van der Waals surface area contributed by atoms with Crippen molar-refractivity contribution in [2.24, 2.45) is 5.16 Å². The monoisotopic (exact) mass is 167 g/mol. The van der Waals surface area contributed by atoms with Crippen molar-refractivity contribution < 1.29 is 9.60 Å². The molecule has 0 amide bonds. The topological polar surface area (TPSA) is 32.6 Å². The molecular formula is C9H10FNO. The minimum atomic E-state index is -1.70. The highest BCUT2D eigenvalue weighted by Crippen LogP contribution is 2.22. The van der Waals surface area contributed by atoms with E-state index in [1.54, 1.807) is 30.3 Å². The minimum absolute atomic E-state index is 0.475. The first-order valence-electron chi connectivity index (χ1n) is 3.60. The highest BCUT2D eigenvalue weighted by atomic mass is 19.1. The predicted molar refractivity (Wildman–Crippen MR) is 45.2 cm³/mol. The van der Waals surface area contributed by atoms with Gasteiger partial charge in [-0.3, -0.25) is 0 Å². The third-order valence-corrected chi connectivity index (χ3v) is 1.64. The fourth-order valence-corrected chi connectivity index (χ4v) is 0.947. The maximum atomic E-state index is 13.5. The van der Waals surface area contributed by atoms with Crippen molar-refractivity contribution in [1.82, 2.24) is 0 Å². The molecule has 1 aromatic rings. The Hall–Kier alpha value is -1.38. The van der Waals surface area contributed by atoms with Gasteiger partial charge in [-0.25, -0.2) is 4.39 Å². The van der Waals surface area contributed by atoms with Gasteiger partial charge in [-0.1, -0.05) is 35.5 Å². The molecule has 1 unspecified atom stereocenters. The van der Waals surface area contributed by atoms with Gasteiger partial charge in [0, 0.05) is 0 Å². The van der Waals surface area contributed by atoms with Gasteiger partial charge >= 0.3 is 0 Å². The van der Waals surface area contributed by atoms with Crippen LogP contribution in [0.4, 0.5) is 4.39 Å². The largest absolute Gasteiger partial charge is 0.411 e. The number of hydrogen-bond donors (Lipinski definition) is 1. The fourth-order valence-electron chi connectivity index (χ4n) is 0.947. The van der Waals surface area contributed by atoms with Gasteiger partial charge < -0.3 is 5.21 Å². The highest BCUT2D eigenvalue weighted by molar-refractivity contribution is 5.69. The number of oxime groups is 1. The van der Waals surface area contributed by atoms with E-state index < -0.39 is 5.67 Å². The maximum absolute atomic E-state index is 13.5. The van der Waals surface area contributed by atoms with E-state index in [2.05, 4.69) is 5.16 Å². The Balaban J connectivity index is 2.97. The maximum Gasteiger partial charge on any atom is 0.171 e. The van der Waals surface area contributed by atoms with E-state index in [1.807, 2.05) is 0 Å². The number of halogens is 1. The van der Waals surface area contributed by atoms with E-state index in [9.17, 15) is 4.39 Å². The first kappa shape index (κ1) is 8.71. The van der Waals surface area contributed by atoms with E-state index in [-0.39, 0.29) is 0 Å². The van der Waals surface area contributed by atoms with Gasteiger partial charge in [0.2, 0.25) is 0 Å². The smallest absolute Gasteiger partial charge is 0.171 e. The summed E-state index contributed by atoms with van der Waals surface area (Å²) in [4.78, 5) is 0. The second kappa shape index (κ2) is 3.34. The summed E-state index contributed by atoms with van der Waals surface area (Å²) in [5.74, 6) is 0. The molecule has 1 atom stereocenters. The molecule has 0 spiro atoms. The molecule has 0 heterocycles. The van der Waals surface area contributed by atoms with Crippen LogP contribution in [0.2, 0.25) is 0 Å². The van der Waals surface area contributed by atoms with Crippen molar-refractivity contribution in [1.29, 1.82) is 0 Å². The number of nitrogens with zero attached hydrogens (tertiary/aromatic N) is 1. The zero-order chi connectivity index (χ0) is 9.03. The molecule has 0 saturated carbocycles. The van der Waals surface area contributed by atoms with Gasteiger partial charge in [0.05, 0.1) is 6.21 Å². The van der Waals surface area contributed by atoms with Gasteiger partial charge in [0.1, 0.15) is 0 Å². The molecule has 0 radical (unpaired) electrons. The first-order chi connectivity index (χ1) is 5.67. The Morgan fingerprint density at radius 1 is 1.42 bits per heavy atom. The predicted octanol–water partition coefficient (Wildman–Crippen LogP) is 2.33. The number of alkyl halides is 1. The quantitative estimate of drug-likeness (QED) is 0.409. The highest BCUT2D eigenvalue weighted by Gasteiger charge is 2.22. The molecule has 0 saturated heterocycles. The summed E-state index contributed by atoms with van der Waals surface area (Å²) >= 11 is 0. The summed E-state index contributed by atoms with van der Waals surface area (Å²) in [6.07, 6.45) is 0.863. The average molecular weight is 167 g/mol. The van der Waals surface area contributed by atoms with Crippen LogP contribution in [0.3, 0.4) is 0 Å². The molecule has 0 bridgehead atoms. The van der Waals surface area contributed by atoms with E-state index >= 15 is 0 Å². The van der Waals surface area contributed by atoms with Crippen LogP contribution in [0.15, 0.2) is 35.5 Å². The summed E-state index contributed by atoms with van der Waals surface area (Å²) in [5, 5.41) is 10.9. The fraction of sp³-hybridized carbons (Fsp3) is 0.222. The number of hydrogen-bond acceptors (Lipinski definition) is 2. The molecule has 64 valence electrons. The molecule has 0 aliphatic carbocycles. The molecule has 2 nitrogen and oxygen atoms in total. The van der Waals surface area contributed by atoms with Gasteiger partial charge in [0.25, 0.3) is 0 Å². The van der Waals surface area contributed by atoms with Gasteiger partial charge in [-0.05, 0) is 12.5 Å². The van der Waals surface area contributed by atoms with Crippen LogP contribution in [0.25, 0.3) is 0 Å². The third kappa shape index (κ3) is 1.81. The van der Waals surface area contributed by atoms with Gasteiger partial charge in [-0.15, -0.1) is 0 Å². The summed E-state index contributed by atoms with van der Waals surface area (Å²) in [5.41, 5.74) is -1.22. The van der Waals surface area contributed by atoms with Crippen molar-refractivity contribution in [2.45, 2.75) is 12.6 Å². The lowest BCUT2D eigenvalue weighted by atomic mass is 10.00. The number of benzene rings is 1. The molecule has 1 N–H and O–H groups in total. The average Bonchev–Trinajstić information content (AvgIpc) is 2.06. The molecule has 0 aliphatic heterocycles. The van der Waals surface area contributed by atoms with Crippen molar-refractivity contribution in [2.75, 3.05) is 0 Å². The van der Waals surface area contributed by atoms with Gasteiger partial charge in [0.15, 0.2) is 5.67 Å². The molecule has 1 rings (SSSR count). The molecule has 0 aliphatic rings. The lowest BCUT2D eigenvalue weighted by Gasteiger charge is -2.13. The van der Waals surface area contributed by atoms with Crippen molar-refractivity contribution in [3.63, 3.8) is 0 Å². The second-order valence-electron chi connectivity index (χ2n) is 2.69. The molecule has 1 aromatic carbocycles. The van der Waals surface area contributed by atoms with E-state index in [4.69, 9.17) is 5.21 Å². The SMILES string of the molecule is CC(F)(C=NO)c1ccccc1. The summed E-state index contributed by atoms with van der Waals surface area (Å²) in [6.45, 7) is 1.34. The van der Waals surface area contributed by atoms with E-state index in [0.29, 0.717) is 5.56 Å². The van der Waals surface area contributed by atoms with Crippen LogP contribution in [0.5, 0.6) is 0 Å². The molecule has 0 fully saturated rings. The first-order valence-corrected chi connectivity index (χ1v) is 3.60. The normalized spacial score (nSPS) is 16.2. The lowest BCUT2D eigenvalue weighted by Crippen LogP contribution is -2.16. The zero-order valence-electron chi connectivity index (χ0n) is 6.74. The van der Waals surface area contributed by atoms with Crippen LogP contribution in [0, 0.1) is 0 Å². The summed E-state index contributed by atoms with van der Waals surface area (Å²) in [7, 11) is 0. The standard InChI is InChI=1S/C9H10FNO/c1-9(10,7-11-12)8-5-3-2-4-6-8/h2-7,12H,1H3. The Morgan fingerprint density at radius 3 is 2.50 bits per heavy atom. The summed E-state index contributed by atoms with van der Waals surface area (Å²) in [6, 6.07) is 8.55. The second-order valence-corrected chi connectivity index (χ2v) is 2.69. The Labute approximate surface area is 70.3 Å². The zero-order valence-corrected chi connectivity index (χ0v) is 6.74. The van der Waals surface area contributed by atoms with E-state index in [0.717, 1.165) is 6.21 Å². The summed E-state index contributed by atoms with van der Waals surface area (Å²) < 4.78 is 13.5. The van der Waals surface area contributed by atoms with Crippen LogP contribution in [0.1, 0.15) is 12.5 Å². The minimum Gasteiger partial charge on any atom is -0.411 e. The van der Waals surface area contributed by atoms with Crippen LogP contribution in [-0.2, 0) is 5.67 Å². The number of rotatable bonds is 2. The Morgan fingerprint density at radius 2 is 2.00 bits per heavy atom. The Bertz CT molecular complexity index is 269. The van der Waals surface area contributed by atoms with Crippen LogP contribution >= 0.6 is 0 Å². The molecule has 0 aromatic heterocycles. The van der Waals surface area contributed by atoms with Crippen LogP contribution < -0.4 is 0 Å².